The highest BCUT2D eigenvalue weighted by Gasteiger charge is 2.25. The zero-order chi connectivity index (χ0) is 15.1. The molecule has 0 fully saturated rings. The molecule has 0 saturated heterocycles. The molecule has 0 spiro atoms. The van der Waals surface area contributed by atoms with Gasteiger partial charge in [-0.15, -0.1) is 0 Å². The first-order valence-electron chi connectivity index (χ1n) is 6.75. The van der Waals surface area contributed by atoms with Crippen molar-refractivity contribution in [2.24, 2.45) is 0 Å². The zero-order valence-corrected chi connectivity index (χ0v) is 12.2. The third-order valence-corrected chi connectivity index (χ3v) is 3.21. The number of carbonyl (C=O) groups is 2. The molecule has 20 heavy (non-hydrogen) atoms. The number of urea groups is 1. The van der Waals surface area contributed by atoms with E-state index in [1.54, 1.807) is 6.92 Å². The highest BCUT2D eigenvalue weighted by atomic mass is 16.4. The lowest BCUT2D eigenvalue weighted by atomic mass is 10.1. The Morgan fingerprint density at radius 2 is 1.90 bits per heavy atom. The van der Waals surface area contributed by atoms with Crippen LogP contribution in [0.1, 0.15) is 25.8 Å². The third kappa shape index (κ3) is 4.57. The summed E-state index contributed by atoms with van der Waals surface area (Å²) in [5.41, 5.74) is 1.13. The molecule has 0 saturated carbocycles. The predicted molar refractivity (Wildman–Crippen MR) is 77.6 cm³/mol. The van der Waals surface area contributed by atoms with Crippen molar-refractivity contribution in [1.82, 2.24) is 10.2 Å². The normalized spacial score (nSPS) is 13.3. The van der Waals surface area contributed by atoms with E-state index in [4.69, 9.17) is 5.11 Å². The van der Waals surface area contributed by atoms with Gasteiger partial charge in [0.05, 0.1) is 0 Å². The van der Waals surface area contributed by atoms with Gasteiger partial charge in [0, 0.05) is 13.1 Å². The predicted octanol–water partition coefficient (Wildman–Crippen LogP) is 2.12. The van der Waals surface area contributed by atoms with E-state index in [0.29, 0.717) is 12.8 Å². The van der Waals surface area contributed by atoms with Gasteiger partial charge < -0.3 is 15.3 Å². The van der Waals surface area contributed by atoms with Crippen molar-refractivity contribution < 1.29 is 14.7 Å². The van der Waals surface area contributed by atoms with E-state index in [1.807, 2.05) is 37.3 Å². The second-order valence-electron chi connectivity index (χ2n) is 4.91. The maximum absolute atomic E-state index is 12.0. The van der Waals surface area contributed by atoms with Crippen LogP contribution in [0.4, 0.5) is 4.79 Å². The van der Waals surface area contributed by atoms with Crippen LogP contribution in [0, 0.1) is 0 Å². The Balaban J connectivity index is 2.54. The molecule has 5 heteroatoms. The van der Waals surface area contributed by atoms with Crippen molar-refractivity contribution in [3.63, 3.8) is 0 Å². The van der Waals surface area contributed by atoms with Crippen molar-refractivity contribution in [2.75, 3.05) is 7.05 Å². The Bertz CT molecular complexity index is 448. The molecular weight excluding hydrogens is 256 g/mol. The number of amides is 2. The topological polar surface area (TPSA) is 69.6 Å². The summed E-state index contributed by atoms with van der Waals surface area (Å²) in [6.45, 7) is 3.65. The van der Waals surface area contributed by atoms with Crippen LogP contribution < -0.4 is 5.32 Å². The van der Waals surface area contributed by atoms with Crippen LogP contribution in [0.3, 0.4) is 0 Å². The molecule has 0 aliphatic carbocycles. The summed E-state index contributed by atoms with van der Waals surface area (Å²) in [6.07, 6.45) is 1.09. The van der Waals surface area contributed by atoms with E-state index in [1.165, 1.54) is 11.9 Å². The van der Waals surface area contributed by atoms with Gasteiger partial charge in [-0.2, -0.15) is 0 Å². The second-order valence-corrected chi connectivity index (χ2v) is 4.91. The van der Waals surface area contributed by atoms with Crippen LogP contribution in [0.2, 0.25) is 0 Å². The largest absolute Gasteiger partial charge is 0.480 e. The summed E-state index contributed by atoms with van der Waals surface area (Å²) in [5, 5.41) is 11.9. The fourth-order valence-corrected chi connectivity index (χ4v) is 2.09. The molecule has 2 atom stereocenters. The molecule has 2 amide bonds. The average Bonchev–Trinajstić information content (AvgIpc) is 2.39. The fraction of sp³-hybridized carbons (Fsp3) is 0.467. The summed E-state index contributed by atoms with van der Waals surface area (Å²) in [7, 11) is 1.51. The number of benzene rings is 1. The van der Waals surface area contributed by atoms with E-state index < -0.39 is 12.0 Å². The quantitative estimate of drug-likeness (QED) is 0.837. The van der Waals surface area contributed by atoms with Gasteiger partial charge in [-0.25, -0.2) is 9.59 Å². The Hall–Kier alpha value is -2.04. The molecule has 1 aromatic carbocycles. The summed E-state index contributed by atoms with van der Waals surface area (Å²) in [4.78, 5) is 24.3. The standard InChI is InChI=1S/C15H22N2O3/c1-4-13(14(18)19)17(3)15(20)16-11(2)10-12-8-6-5-7-9-12/h5-9,11,13H,4,10H2,1-3H3,(H,16,20)(H,18,19). The lowest BCUT2D eigenvalue weighted by Gasteiger charge is -2.26. The molecular formula is C15H22N2O3. The first kappa shape index (κ1) is 16.0. The van der Waals surface area contributed by atoms with Crippen molar-refractivity contribution in [1.29, 1.82) is 0 Å². The number of nitrogens with one attached hydrogen (secondary N) is 1. The van der Waals surface area contributed by atoms with Crippen molar-refractivity contribution in [3.05, 3.63) is 35.9 Å². The first-order chi connectivity index (χ1) is 9.45. The Morgan fingerprint density at radius 1 is 1.30 bits per heavy atom. The Morgan fingerprint density at radius 3 is 2.40 bits per heavy atom. The molecule has 0 radical (unpaired) electrons. The van der Waals surface area contributed by atoms with Crippen molar-refractivity contribution >= 4 is 12.0 Å². The van der Waals surface area contributed by atoms with Crippen molar-refractivity contribution in [2.45, 2.75) is 38.8 Å². The van der Waals surface area contributed by atoms with Gasteiger partial charge >= 0.3 is 12.0 Å². The molecule has 110 valence electrons. The van der Waals surface area contributed by atoms with Crippen LogP contribution in [-0.4, -0.2) is 41.1 Å². The number of rotatable bonds is 6. The van der Waals surface area contributed by atoms with Gasteiger partial charge in [0.2, 0.25) is 0 Å². The number of nitrogens with zero attached hydrogens (tertiary/aromatic N) is 1. The van der Waals surface area contributed by atoms with Gasteiger partial charge in [0.15, 0.2) is 0 Å². The zero-order valence-electron chi connectivity index (χ0n) is 12.2. The minimum atomic E-state index is -0.985. The monoisotopic (exact) mass is 278 g/mol. The maximum atomic E-state index is 12.0. The van der Waals surface area contributed by atoms with Crippen LogP contribution in [0.25, 0.3) is 0 Å². The van der Waals surface area contributed by atoms with Gasteiger partial charge in [-0.05, 0) is 25.3 Å². The van der Waals surface area contributed by atoms with E-state index in [9.17, 15) is 9.59 Å². The summed E-state index contributed by atoms with van der Waals surface area (Å²) < 4.78 is 0. The van der Waals surface area contributed by atoms with E-state index in [2.05, 4.69) is 5.32 Å². The second kappa shape index (κ2) is 7.53. The maximum Gasteiger partial charge on any atom is 0.326 e. The van der Waals surface area contributed by atoms with Gasteiger partial charge in [0.1, 0.15) is 6.04 Å². The molecule has 2 N–H and O–H groups in total. The first-order valence-corrected chi connectivity index (χ1v) is 6.75. The fourth-order valence-electron chi connectivity index (χ4n) is 2.09. The summed E-state index contributed by atoms with van der Waals surface area (Å²) in [5.74, 6) is -0.985. The summed E-state index contributed by atoms with van der Waals surface area (Å²) >= 11 is 0. The van der Waals surface area contributed by atoms with Gasteiger partial charge in [-0.3, -0.25) is 0 Å². The molecule has 1 aromatic rings. The molecule has 0 heterocycles. The van der Waals surface area contributed by atoms with Crippen LogP contribution in [-0.2, 0) is 11.2 Å². The molecule has 0 aromatic heterocycles. The van der Waals surface area contributed by atoms with Crippen LogP contribution in [0.5, 0.6) is 0 Å². The minimum absolute atomic E-state index is 0.0568. The van der Waals surface area contributed by atoms with Gasteiger partial charge in [-0.1, -0.05) is 37.3 Å². The number of hydrogen-bond donors (Lipinski definition) is 2. The smallest absolute Gasteiger partial charge is 0.326 e. The number of carboxylic acids is 1. The van der Waals surface area contributed by atoms with Gasteiger partial charge in [0.25, 0.3) is 0 Å². The van der Waals surface area contributed by atoms with E-state index >= 15 is 0 Å². The molecule has 0 bridgehead atoms. The lowest BCUT2D eigenvalue weighted by molar-refractivity contribution is -0.141. The number of carbonyl (C=O) groups excluding carboxylic acids is 1. The average molecular weight is 278 g/mol. The Labute approximate surface area is 119 Å². The van der Waals surface area contributed by atoms with Crippen LogP contribution >= 0.6 is 0 Å². The number of likely N-dealkylation sites (N-methyl/N-ethyl adjacent to an activating group) is 1. The minimum Gasteiger partial charge on any atom is -0.480 e. The number of aliphatic carboxylic acids is 1. The summed E-state index contributed by atoms with van der Waals surface area (Å²) in [6, 6.07) is 8.64. The highest BCUT2D eigenvalue weighted by Crippen LogP contribution is 2.05. The molecule has 5 nitrogen and oxygen atoms in total. The van der Waals surface area contributed by atoms with Crippen molar-refractivity contribution in [3.8, 4) is 0 Å². The number of hydrogen-bond acceptors (Lipinski definition) is 2. The number of carboxylic acid groups (broad SMARTS) is 1. The molecule has 2 unspecified atom stereocenters. The van der Waals surface area contributed by atoms with E-state index in [0.717, 1.165) is 5.56 Å². The highest BCUT2D eigenvalue weighted by molar-refractivity contribution is 5.82. The van der Waals surface area contributed by atoms with E-state index in [-0.39, 0.29) is 12.1 Å². The third-order valence-electron chi connectivity index (χ3n) is 3.21. The lowest BCUT2D eigenvalue weighted by Crippen LogP contribution is -2.49. The molecule has 1 rings (SSSR count). The Kier molecular flexibility index (Phi) is 6.03. The SMILES string of the molecule is CCC(C(=O)O)N(C)C(=O)NC(C)Cc1ccccc1. The van der Waals surface area contributed by atoms with Crippen LogP contribution in [0.15, 0.2) is 30.3 Å². The molecule has 0 aliphatic heterocycles. The molecule has 0 aliphatic rings.